The van der Waals surface area contributed by atoms with Gasteiger partial charge in [0.1, 0.15) is 0 Å². The number of carbonyl (C=O) groups is 1. The molecule has 2 N–H and O–H groups in total. The molecule has 1 amide bonds. The summed E-state index contributed by atoms with van der Waals surface area (Å²) < 4.78 is 0. The summed E-state index contributed by atoms with van der Waals surface area (Å²) in [5.74, 6) is 0.707. The van der Waals surface area contributed by atoms with Gasteiger partial charge in [-0.3, -0.25) is 4.79 Å². The molecule has 0 aromatic rings. The zero-order valence-corrected chi connectivity index (χ0v) is 10.2. The van der Waals surface area contributed by atoms with Gasteiger partial charge in [0.25, 0.3) is 0 Å². The van der Waals surface area contributed by atoms with E-state index < -0.39 is 0 Å². The van der Waals surface area contributed by atoms with Crippen LogP contribution in [0.15, 0.2) is 0 Å². The van der Waals surface area contributed by atoms with E-state index in [1.54, 1.807) is 0 Å². The molecule has 1 heterocycles. The van der Waals surface area contributed by atoms with E-state index in [2.05, 4.69) is 20.8 Å². The highest BCUT2D eigenvalue weighted by atomic mass is 16.2. The Bertz CT molecular complexity index is 216. The van der Waals surface area contributed by atoms with Gasteiger partial charge in [-0.2, -0.15) is 0 Å². The van der Waals surface area contributed by atoms with Crippen molar-refractivity contribution < 1.29 is 4.79 Å². The van der Waals surface area contributed by atoms with Crippen LogP contribution >= 0.6 is 0 Å². The van der Waals surface area contributed by atoms with Crippen LogP contribution in [0.25, 0.3) is 0 Å². The van der Waals surface area contributed by atoms with Gasteiger partial charge in [0, 0.05) is 12.6 Å². The second kappa shape index (κ2) is 5.50. The Morgan fingerprint density at radius 2 is 2.20 bits per heavy atom. The highest BCUT2D eigenvalue weighted by Gasteiger charge is 2.32. The normalized spacial score (nSPS) is 23.5. The Labute approximate surface area is 93.0 Å². The van der Waals surface area contributed by atoms with Crippen LogP contribution in [0, 0.1) is 5.92 Å². The lowest BCUT2D eigenvalue weighted by Crippen LogP contribution is -2.47. The first-order valence-corrected chi connectivity index (χ1v) is 6.14. The van der Waals surface area contributed by atoms with Crippen LogP contribution < -0.4 is 5.73 Å². The van der Waals surface area contributed by atoms with Gasteiger partial charge in [-0.05, 0) is 25.2 Å². The Kier molecular flexibility index (Phi) is 4.58. The number of nitrogens with zero attached hydrogens (tertiary/aromatic N) is 1. The van der Waals surface area contributed by atoms with E-state index in [9.17, 15) is 4.79 Å². The standard InChI is InChI=1S/C12H24N2O/c1-4-6-10(13)12(15)14-8-5-7-11(14)9(2)3/h9-11H,4-8,13H2,1-3H3. The molecule has 1 saturated heterocycles. The van der Waals surface area contributed by atoms with Gasteiger partial charge >= 0.3 is 0 Å². The lowest BCUT2D eigenvalue weighted by atomic mass is 10.0. The van der Waals surface area contributed by atoms with Crippen molar-refractivity contribution in [2.24, 2.45) is 11.7 Å². The number of nitrogens with two attached hydrogens (primary N) is 1. The molecule has 88 valence electrons. The molecule has 2 unspecified atom stereocenters. The summed E-state index contributed by atoms with van der Waals surface area (Å²) >= 11 is 0. The molecule has 0 spiro atoms. The summed E-state index contributed by atoms with van der Waals surface area (Å²) in [5, 5.41) is 0. The maximum Gasteiger partial charge on any atom is 0.239 e. The fourth-order valence-corrected chi connectivity index (χ4v) is 2.41. The quantitative estimate of drug-likeness (QED) is 0.772. The molecule has 1 aliphatic rings. The van der Waals surface area contributed by atoms with Crippen molar-refractivity contribution in [3.8, 4) is 0 Å². The van der Waals surface area contributed by atoms with E-state index >= 15 is 0 Å². The summed E-state index contributed by atoms with van der Waals surface area (Å²) in [6, 6.07) is 0.134. The molecular weight excluding hydrogens is 188 g/mol. The molecule has 0 radical (unpaired) electrons. The molecule has 2 atom stereocenters. The number of likely N-dealkylation sites (tertiary alicyclic amines) is 1. The molecular formula is C12H24N2O. The predicted octanol–water partition coefficient (Wildman–Crippen LogP) is 1.76. The van der Waals surface area contributed by atoms with Crippen molar-refractivity contribution in [3.63, 3.8) is 0 Å². The van der Waals surface area contributed by atoms with Gasteiger partial charge in [0.05, 0.1) is 6.04 Å². The molecule has 15 heavy (non-hydrogen) atoms. The van der Waals surface area contributed by atoms with E-state index in [1.165, 1.54) is 0 Å². The van der Waals surface area contributed by atoms with Crippen molar-refractivity contribution in [1.82, 2.24) is 4.90 Å². The minimum atomic E-state index is -0.283. The minimum absolute atomic E-state index is 0.160. The molecule has 1 aliphatic heterocycles. The topological polar surface area (TPSA) is 46.3 Å². The van der Waals surface area contributed by atoms with Gasteiger partial charge in [-0.25, -0.2) is 0 Å². The fourth-order valence-electron chi connectivity index (χ4n) is 2.41. The van der Waals surface area contributed by atoms with Crippen LogP contribution in [0.5, 0.6) is 0 Å². The first-order valence-electron chi connectivity index (χ1n) is 6.14. The summed E-state index contributed by atoms with van der Waals surface area (Å²) in [6.07, 6.45) is 4.06. The maximum absolute atomic E-state index is 12.1. The van der Waals surface area contributed by atoms with Crippen molar-refractivity contribution in [2.45, 2.75) is 58.5 Å². The van der Waals surface area contributed by atoms with Crippen LogP contribution in [0.4, 0.5) is 0 Å². The largest absolute Gasteiger partial charge is 0.338 e. The smallest absolute Gasteiger partial charge is 0.239 e. The van der Waals surface area contributed by atoms with Crippen LogP contribution in [-0.2, 0) is 4.79 Å². The highest BCUT2D eigenvalue weighted by Crippen LogP contribution is 2.24. The number of carbonyl (C=O) groups excluding carboxylic acids is 1. The van der Waals surface area contributed by atoms with Gasteiger partial charge in [0.15, 0.2) is 0 Å². The monoisotopic (exact) mass is 212 g/mol. The van der Waals surface area contributed by atoms with Gasteiger partial charge in [-0.1, -0.05) is 27.2 Å². The molecule has 1 fully saturated rings. The maximum atomic E-state index is 12.1. The summed E-state index contributed by atoms with van der Waals surface area (Å²) in [5.41, 5.74) is 5.88. The molecule has 0 aliphatic carbocycles. The number of hydrogen-bond donors (Lipinski definition) is 1. The van der Waals surface area contributed by atoms with E-state index in [1.807, 2.05) is 4.90 Å². The average Bonchev–Trinajstić information content (AvgIpc) is 2.65. The van der Waals surface area contributed by atoms with Crippen LogP contribution in [-0.4, -0.2) is 29.4 Å². The van der Waals surface area contributed by atoms with Crippen molar-refractivity contribution in [1.29, 1.82) is 0 Å². The SMILES string of the molecule is CCCC(N)C(=O)N1CCCC1C(C)C. The second-order valence-corrected chi connectivity index (χ2v) is 4.88. The highest BCUT2D eigenvalue weighted by molar-refractivity contribution is 5.82. The van der Waals surface area contributed by atoms with Crippen molar-refractivity contribution >= 4 is 5.91 Å². The van der Waals surface area contributed by atoms with E-state index in [0.717, 1.165) is 32.2 Å². The van der Waals surface area contributed by atoms with Gasteiger partial charge < -0.3 is 10.6 Å². The Balaban J connectivity index is 2.58. The van der Waals surface area contributed by atoms with Crippen LogP contribution in [0.3, 0.4) is 0 Å². The number of rotatable bonds is 4. The lowest BCUT2D eigenvalue weighted by Gasteiger charge is -2.29. The third kappa shape index (κ3) is 2.94. The summed E-state index contributed by atoms with van der Waals surface area (Å²) in [6.45, 7) is 7.33. The molecule has 0 aromatic heterocycles. The van der Waals surface area contributed by atoms with Crippen LogP contribution in [0.2, 0.25) is 0 Å². The van der Waals surface area contributed by atoms with E-state index in [4.69, 9.17) is 5.73 Å². The zero-order chi connectivity index (χ0) is 11.4. The summed E-state index contributed by atoms with van der Waals surface area (Å²) in [4.78, 5) is 14.1. The zero-order valence-electron chi connectivity index (χ0n) is 10.2. The summed E-state index contributed by atoms with van der Waals surface area (Å²) in [7, 11) is 0. The molecule has 0 bridgehead atoms. The molecule has 3 nitrogen and oxygen atoms in total. The van der Waals surface area contributed by atoms with E-state index in [-0.39, 0.29) is 11.9 Å². The predicted molar refractivity (Wildman–Crippen MR) is 62.5 cm³/mol. The van der Waals surface area contributed by atoms with Crippen LogP contribution in [0.1, 0.15) is 46.5 Å². The Morgan fingerprint density at radius 3 is 2.73 bits per heavy atom. The molecule has 3 heteroatoms. The minimum Gasteiger partial charge on any atom is -0.338 e. The molecule has 0 saturated carbocycles. The molecule has 0 aromatic carbocycles. The third-order valence-electron chi connectivity index (χ3n) is 3.27. The van der Waals surface area contributed by atoms with E-state index in [0.29, 0.717) is 12.0 Å². The second-order valence-electron chi connectivity index (χ2n) is 4.88. The Morgan fingerprint density at radius 1 is 1.53 bits per heavy atom. The first kappa shape index (κ1) is 12.5. The van der Waals surface area contributed by atoms with Crippen molar-refractivity contribution in [2.75, 3.05) is 6.54 Å². The molecule has 1 rings (SSSR count). The number of hydrogen-bond acceptors (Lipinski definition) is 2. The number of amides is 1. The lowest BCUT2D eigenvalue weighted by molar-refractivity contribution is -0.134. The van der Waals surface area contributed by atoms with Gasteiger partial charge in [-0.15, -0.1) is 0 Å². The fraction of sp³-hybridized carbons (Fsp3) is 0.917. The van der Waals surface area contributed by atoms with Gasteiger partial charge in [0.2, 0.25) is 5.91 Å². The van der Waals surface area contributed by atoms with Crippen molar-refractivity contribution in [3.05, 3.63) is 0 Å². The Hall–Kier alpha value is -0.570. The first-order chi connectivity index (χ1) is 7.07. The average molecular weight is 212 g/mol. The third-order valence-corrected chi connectivity index (χ3v) is 3.27.